The molecule has 1 aromatic rings. The molecule has 5 heteroatoms. The van der Waals surface area contributed by atoms with Crippen LogP contribution in [0.3, 0.4) is 0 Å². The number of hydrogen-bond donors (Lipinski definition) is 0. The van der Waals surface area contributed by atoms with E-state index in [4.69, 9.17) is 10.00 Å². The second-order valence-electron chi connectivity index (χ2n) is 9.03. The summed E-state index contributed by atoms with van der Waals surface area (Å²) < 4.78 is 8.11. The number of carbonyl (C=O) groups is 1. The van der Waals surface area contributed by atoms with E-state index in [2.05, 4.69) is 26.8 Å². The highest BCUT2D eigenvalue weighted by Crippen LogP contribution is 2.39. The molecule has 1 saturated heterocycles. The van der Waals surface area contributed by atoms with Gasteiger partial charge in [0.25, 0.3) is 5.91 Å². The quantitative estimate of drug-likeness (QED) is 0.825. The topological polar surface area (TPSA) is 58.3 Å². The summed E-state index contributed by atoms with van der Waals surface area (Å²) in [4.78, 5) is 15.4. The number of ether oxygens (including phenoxy) is 1. The fourth-order valence-corrected chi connectivity index (χ4v) is 4.45. The van der Waals surface area contributed by atoms with Crippen LogP contribution in [-0.4, -0.2) is 34.1 Å². The van der Waals surface area contributed by atoms with Gasteiger partial charge in [0.1, 0.15) is 6.07 Å². The average molecular weight is 357 g/mol. The Kier molecular flexibility index (Phi) is 5.05. The van der Waals surface area contributed by atoms with Gasteiger partial charge in [0.15, 0.2) is 11.5 Å². The third-order valence-electron chi connectivity index (χ3n) is 6.20. The Hall–Kier alpha value is -1.96. The summed E-state index contributed by atoms with van der Waals surface area (Å²) in [7, 11) is 1.86. The Morgan fingerprint density at radius 3 is 2.38 bits per heavy atom. The highest BCUT2D eigenvalue weighted by Gasteiger charge is 2.47. The summed E-state index contributed by atoms with van der Waals surface area (Å²) in [6, 6.07) is 3.88. The van der Waals surface area contributed by atoms with Gasteiger partial charge < -0.3 is 14.2 Å². The summed E-state index contributed by atoms with van der Waals surface area (Å²) in [5.74, 6) is 1.42. The molecule has 1 saturated carbocycles. The summed E-state index contributed by atoms with van der Waals surface area (Å²) >= 11 is 0. The van der Waals surface area contributed by atoms with E-state index in [0.29, 0.717) is 22.8 Å². The van der Waals surface area contributed by atoms with Gasteiger partial charge in [0, 0.05) is 32.4 Å². The van der Waals surface area contributed by atoms with Crippen molar-refractivity contribution in [3.8, 4) is 11.9 Å². The fraction of sp³-hybridized carbons (Fsp3) is 0.714. The first-order chi connectivity index (χ1) is 12.2. The van der Waals surface area contributed by atoms with Crippen LogP contribution in [0.2, 0.25) is 0 Å². The van der Waals surface area contributed by atoms with Gasteiger partial charge in [-0.1, -0.05) is 20.8 Å². The lowest BCUT2D eigenvalue weighted by molar-refractivity contribution is -0.150. The number of aryl methyl sites for hydroxylation is 1. The molecule has 26 heavy (non-hydrogen) atoms. The molecule has 142 valence electrons. The van der Waals surface area contributed by atoms with Crippen molar-refractivity contribution in [3.63, 3.8) is 0 Å². The van der Waals surface area contributed by atoms with Gasteiger partial charge in [-0.15, -0.1) is 0 Å². The Morgan fingerprint density at radius 1 is 1.27 bits per heavy atom. The SMILES string of the molecule is Cn1cc(C#N)cc1OC1(C(=O)N2CCC(C(C)(C)C)CC2)CCCC1. The monoisotopic (exact) mass is 357 g/mol. The van der Waals surface area contributed by atoms with E-state index in [-0.39, 0.29) is 5.91 Å². The molecular weight excluding hydrogens is 326 g/mol. The minimum atomic E-state index is -0.757. The van der Waals surface area contributed by atoms with Crippen molar-refractivity contribution in [1.82, 2.24) is 9.47 Å². The van der Waals surface area contributed by atoms with E-state index in [1.165, 1.54) is 0 Å². The minimum Gasteiger partial charge on any atom is -0.462 e. The predicted molar refractivity (Wildman–Crippen MR) is 101 cm³/mol. The number of rotatable bonds is 3. The molecule has 0 N–H and O–H groups in total. The van der Waals surface area contributed by atoms with E-state index in [9.17, 15) is 4.79 Å². The Morgan fingerprint density at radius 2 is 1.88 bits per heavy atom. The lowest BCUT2D eigenvalue weighted by atomic mass is 9.75. The molecule has 2 heterocycles. The van der Waals surface area contributed by atoms with Crippen LogP contribution in [-0.2, 0) is 11.8 Å². The molecular formula is C21H31N3O2. The highest BCUT2D eigenvalue weighted by atomic mass is 16.5. The van der Waals surface area contributed by atoms with Crippen molar-refractivity contribution in [2.75, 3.05) is 13.1 Å². The highest BCUT2D eigenvalue weighted by molar-refractivity contribution is 5.86. The van der Waals surface area contributed by atoms with Crippen LogP contribution >= 0.6 is 0 Å². The molecule has 1 aromatic heterocycles. The van der Waals surface area contributed by atoms with Crippen molar-refractivity contribution in [1.29, 1.82) is 5.26 Å². The fourth-order valence-electron chi connectivity index (χ4n) is 4.45. The van der Waals surface area contributed by atoms with E-state index in [1.54, 1.807) is 16.8 Å². The smallest absolute Gasteiger partial charge is 0.266 e. The molecule has 1 aliphatic heterocycles. The number of hydrogen-bond acceptors (Lipinski definition) is 3. The van der Waals surface area contributed by atoms with E-state index in [0.717, 1.165) is 51.6 Å². The van der Waals surface area contributed by atoms with Crippen molar-refractivity contribution < 1.29 is 9.53 Å². The van der Waals surface area contributed by atoms with Gasteiger partial charge >= 0.3 is 0 Å². The molecule has 1 amide bonds. The number of piperidine rings is 1. The minimum absolute atomic E-state index is 0.141. The van der Waals surface area contributed by atoms with Crippen LogP contribution in [0.5, 0.6) is 5.88 Å². The molecule has 0 aromatic carbocycles. The molecule has 0 atom stereocenters. The third-order valence-corrected chi connectivity index (χ3v) is 6.20. The molecule has 1 aliphatic carbocycles. The zero-order valence-corrected chi connectivity index (χ0v) is 16.5. The molecule has 2 fully saturated rings. The van der Waals surface area contributed by atoms with Crippen molar-refractivity contribution in [3.05, 3.63) is 17.8 Å². The van der Waals surface area contributed by atoms with Crippen molar-refractivity contribution in [2.24, 2.45) is 18.4 Å². The second kappa shape index (κ2) is 6.98. The number of nitrogens with zero attached hydrogens (tertiary/aromatic N) is 3. The van der Waals surface area contributed by atoms with Gasteiger partial charge in [-0.2, -0.15) is 5.26 Å². The molecule has 5 nitrogen and oxygen atoms in total. The maximum atomic E-state index is 13.4. The predicted octanol–water partition coefficient (Wildman–Crippen LogP) is 3.87. The van der Waals surface area contributed by atoms with Gasteiger partial charge in [-0.25, -0.2) is 0 Å². The Labute approximate surface area is 156 Å². The zero-order valence-electron chi connectivity index (χ0n) is 16.5. The molecule has 3 rings (SSSR count). The summed E-state index contributed by atoms with van der Waals surface area (Å²) in [5.41, 5.74) is 0.106. The maximum absolute atomic E-state index is 13.4. The summed E-state index contributed by atoms with van der Waals surface area (Å²) in [6.07, 6.45) is 7.43. The lowest BCUT2D eigenvalue weighted by Gasteiger charge is -2.41. The zero-order chi connectivity index (χ0) is 18.9. The standard InChI is InChI=1S/C21H31N3O2/c1-20(2,3)17-7-11-24(12-8-17)19(25)21(9-5-6-10-21)26-18-13-16(14-22)15-23(18)4/h13,15,17H,5-12H2,1-4H3. The molecule has 0 bridgehead atoms. The summed E-state index contributed by atoms with van der Waals surface area (Å²) in [6.45, 7) is 8.52. The molecule has 0 radical (unpaired) electrons. The van der Waals surface area contributed by atoms with Gasteiger partial charge in [-0.3, -0.25) is 4.79 Å². The number of nitriles is 1. The van der Waals surface area contributed by atoms with E-state index < -0.39 is 5.60 Å². The first-order valence-corrected chi connectivity index (χ1v) is 9.80. The molecule has 0 spiro atoms. The third kappa shape index (κ3) is 3.60. The molecule has 0 unspecified atom stereocenters. The number of amides is 1. The van der Waals surface area contributed by atoms with Gasteiger partial charge in [0.05, 0.1) is 5.56 Å². The first kappa shape index (κ1) is 18.8. The van der Waals surface area contributed by atoms with Crippen LogP contribution in [0.25, 0.3) is 0 Å². The first-order valence-electron chi connectivity index (χ1n) is 9.80. The summed E-state index contributed by atoms with van der Waals surface area (Å²) in [5, 5.41) is 9.11. The van der Waals surface area contributed by atoms with Gasteiger partial charge in [0.2, 0.25) is 0 Å². The van der Waals surface area contributed by atoms with Crippen LogP contribution in [0.15, 0.2) is 12.3 Å². The van der Waals surface area contributed by atoms with E-state index in [1.807, 2.05) is 11.9 Å². The number of aromatic nitrogens is 1. The molecule has 2 aliphatic rings. The Balaban J connectivity index is 1.74. The normalized spacial score (nSPS) is 20.8. The Bertz CT molecular complexity index is 694. The second-order valence-corrected chi connectivity index (χ2v) is 9.03. The average Bonchev–Trinajstić information content (AvgIpc) is 3.22. The number of carbonyl (C=O) groups excluding carboxylic acids is 1. The van der Waals surface area contributed by atoms with E-state index >= 15 is 0 Å². The maximum Gasteiger partial charge on any atom is 0.266 e. The van der Waals surface area contributed by atoms with Crippen molar-refractivity contribution >= 4 is 5.91 Å². The van der Waals surface area contributed by atoms with Crippen LogP contribution in [0.4, 0.5) is 0 Å². The van der Waals surface area contributed by atoms with Crippen molar-refractivity contribution in [2.45, 2.75) is 64.9 Å². The van der Waals surface area contributed by atoms with Crippen LogP contribution < -0.4 is 4.74 Å². The van der Waals surface area contributed by atoms with Crippen LogP contribution in [0.1, 0.15) is 64.9 Å². The largest absolute Gasteiger partial charge is 0.462 e. The van der Waals surface area contributed by atoms with Crippen LogP contribution in [0, 0.1) is 22.7 Å². The lowest BCUT2D eigenvalue weighted by Crippen LogP contribution is -2.54. The number of likely N-dealkylation sites (tertiary alicyclic amines) is 1. The van der Waals surface area contributed by atoms with Gasteiger partial charge in [-0.05, 0) is 49.9 Å².